The molecule has 0 aliphatic carbocycles. The molecule has 0 aliphatic rings. The van der Waals surface area contributed by atoms with Crippen molar-refractivity contribution < 1.29 is 23.8 Å². The SMILES string of the molecule is CCOC(=O)c1c(NC(=O)CC)sc2c(OCc3cccc(OC)c3)c(C)ccc12. The molecule has 0 radical (unpaired) electrons. The average molecular weight is 428 g/mol. The molecular formula is C23H25NO5S. The van der Waals surface area contributed by atoms with E-state index in [4.69, 9.17) is 14.2 Å². The average Bonchev–Trinajstić information content (AvgIpc) is 3.11. The number of rotatable bonds is 8. The smallest absolute Gasteiger partial charge is 0.341 e. The van der Waals surface area contributed by atoms with E-state index in [2.05, 4.69) is 5.32 Å². The highest BCUT2D eigenvalue weighted by molar-refractivity contribution is 7.24. The van der Waals surface area contributed by atoms with Gasteiger partial charge in [0, 0.05) is 11.8 Å². The van der Waals surface area contributed by atoms with Gasteiger partial charge in [-0.2, -0.15) is 0 Å². The first-order valence-corrected chi connectivity index (χ1v) is 10.6. The number of amides is 1. The zero-order chi connectivity index (χ0) is 21.7. The van der Waals surface area contributed by atoms with Gasteiger partial charge < -0.3 is 19.5 Å². The van der Waals surface area contributed by atoms with E-state index in [1.165, 1.54) is 11.3 Å². The van der Waals surface area contributed by atoms with E-state index in [0.29, 0.717) is 34.7 Å². The molecule has 3 rings (SSSR count). The van der Waals surface area contributed by atoms with Crippen LogP contribution in [0.4, 0.5) is 5.00 Å². The molecule has 0 saturated heterocycles. The molecule has 1 heterocycles. The van der Waals surface area contributed by atoms with Crippen LogP contribution in [-0.2, 0) is 16.1 Å². The second-order valence-electron chi connectivity index (χ2n) is 6.66. The van der Waals surface area contributed by atoms with E-state index < -0.39 is 5.97 Å². The number of ether oxygens (including phenoxy) is 3. The molecule has 0 unspecified atom stereocenters. The Morgan fingerprint density at radius 1 is 1.13 bits per heavy atom. The van der Waals surface area contributed by atoms with Crippen LogP contribution in [0.5, 0.6) is 11.5 Å². The number of thiophene rings is 1. The Morgan fingerprint density at radius 3 is 2.63 bits per heavy atom. The highest BCUT2D eigenvalue weighted by atomic mass is 32.1. The molecule has 1 aromatic heterocycles. The van der Waals surface area contributed by atoms with Crippen LogP contribution in [0.25, 0.3) is 10.1 Å². The molecular weight excluding hydrogens is 402 g/mol. The van der Waals surface area contributed by atoms with E-state index in [1.807, 2.05) is 43.3 Å². The Labute approximate surface area is 179 Å². The van der Waals surface area contributed by atoms with Crippen LogP contribution in [-0.4, -0.2) is 25.6 Å². The van der Waals surface area contributed by atoms with Crippen molar-refractivity contribution >= 4 is 38.3 Å². The number of nitrogens with one attached hydrogen (secondary N) is 1. The van der Waals surface area contributed by atoms with Crippen LogP contribution in [0.2, 0.25) is 0 Å². The van der Waals surface area contributed by atoms with Gasteiger partial charge in [-0.15, -0.1) is 11.3 Å². The molecule has 3 aromatic rings. The standard InChI is InChI=1S/C23H25NO5S/c1-5-18(25)24-22-19(23(26)28-6-2)17-11-10-14(3)20(21(17)30-22)29-13-15-8-7-9-16(12-15)27-4/h7-12H,5-6,13H2,1-4H3,(H,24,25). The van der Waals surface area contributed by atoms with Gasteiger partial charge in [0.25, 0.3) is 0 Å². The summed E-state index contributed by atoms with van der Waals surface area (Å²) in [6.45, 7) is 6.07. The van der Waals surface area contributed by atoms with E-state index in [1.54, 1.807) is 21.0 Å². The molecule has 7 heteroatoms. The number of esters is 1. The first kappa shape index (κ1) is 21.6. The number of hydrogen-bond acceptors (Lipinski definition) is 6. The zero-order valence-corrected chi connectivity index (χ0v) is 18.4. The molecule has 1 N–H and O–H groups in total. The highest BCUT2D eigenvalue weighted by Crippen LogP contribution is 2.43. The third-order valence-corrected chi connectivity index (χ3v) is 5.70. The third kappa shape index (κ3) is 4.57. The van der Waals surface area contributed by atoms with Crippen molar-refractivity contribution in [1.29, 1.82) is 0 Å². The van der Waals surface area contributed by atoms with Gasteiger partial charge in [0.2, 0.25) is 5.91 Å². The van der Waals surface area contributed by atoms with Gasteiger partial charge in [-0.3, -0.25) is 4.79 Å². The van der Waals surface area contributed by atoms with Gasteiger partial charge in [0.1, 0.15) is 28.7 Å². The monoisotopic (exact) mass is 427 g/mol. The fourth-order valence-corrected chi connectivity index (χ4v) is 4.30. The van der Waals surface area contributed by atoms with Crippen LogP contribution in [0.3, 0.4) is 0 Å². The maximum atomic E-state index is 12.6. The van der Waals surface area contributed by atoms with Crippen molar-refractivity contribution in [2.45, 2.75) is 33.8 Å². The predicted octanol–water partition coefficient (Wildman–Crippen LogP) is 5.32. The van der Waals surface area contributed by atoms with Gasteiger partial charge in [-0.05, 0) is 37.1 Å². The summed E-state index contributed by atoms with van der Waals surface area (Å²) in [5.74, 6) is 0.819. The molecule has 0 atom stereocenters. The van der Waals surface area contributed by atoms with Gasteiger partial charge in [0.05, 0.1) is 18.4 Å². The van der Waals surface area contributed by atoms with Crippen molar-refractivity contribution in [2.24, 2.45) is 0 Å². The van der Waals surface area contributed by atoms with Gasteiger partial charge in [0.15, 0.2) is 0 Å². The lowest BCUT2D eigenvalue weighted by atomic mass is 10.1. The number of carbonyl (C=O) groups excluding carboxylic acids is 2. The number of carbonyl (C=O) groups is 2. The Balaban J connectivity index is 2.03. The quantitative estimate of drug-likeness (QED) is 0.492. The summed E-state index contributed by atoms with van der Waals surface area (Å²) in [6.07, 6.45) is 0.314. The largest absolute Gasteiger partial charge is 0.497 e. The Hall–Kier alpha value is -3.06. The van der Waals surface area contributed by atoms with Crippen molar-refractivity contribution in [1.82, 2.24) is 0 Å². The fraction of sp³-hybridized carbons (Fsp3) is 0.304. The molecule has 2 aromatic carbocycles. The number of hydrogen-bond donors (Lipinski definition) is 1. The minimum atomic E-state index is -0.460. The minimum Gasteiger partial charge on any atom is -0.497 e. The van der Waals surface area contributed by atoms with Crippen LogP contribution in [0.1, 0.15) is 41.8 Å². The summed E-state index contributed by atoms with van der Waals surface area (Å²) in [5.41, 5.74) is 2.27. The molecule has 0 spiro atoms. The molecule has 6 nitrogen and oxygen atoms in total. The maximum Gasteiger partial charge on any atom is 0.341 e. The number of methoxy groups -OCH3 is 1. The summed E-state index contributed by atoms with van der Waals surface area (Å²) >= 11 is 1.32. The first-order chi connectivity index (χ1) is 14.5. The van der Waals surface area contributed by atoms with Crippen molar-refractivity contribution in [3.8, 4) is 11.5 Å². The highest BCUT2D eigenvalue weighted by Gasteiger charge is 2.24. The summed E-state index contributed by atoms with van der Waals surface area (Å²) in [4.78, 5) is 24.6. The molecule has 0 saturated carbocycles. The topological polar surface area (TPSA) is 73.9 Å². The number of anilines is 1. The van der Waals surface area contributed by atoms with E-state index >= 15 is 0 Å². The molecule has 0 aliphatic heterocycles. The van der Waals surface area contributed by atoms with Gasteiger partial charge in [-0.25, -0.2) is 4.79 Å². The van der Waals surface area contributed by atoms with Crippen molar-refractivity contribution in [2.75, 3.05) is 19.0 Å². The normalized spacial score (nSPS) is 10.7. The van der Waals surface area contributed by atoms with Crippen LogP contribution in [0.15, 0.2) is 36.4 Å². The summed E-state index contributed by atoms with van der Waals surface area (Å²) < 4.78 is 17.5. The summed E-state index contributed by atoms with van der Waals surface area (Å²) in [7, 11) is 1.62. The number of aryl methyl sites for hydroxylation is 1. The van der Waals surface area contributed by atoms with Crippen molar-refractivity contribution in [3.05, 3.63) is 53.1 Å². The second kappa shape index (κ2) is 9.63. The fourth-order valence-electron chi connectivity index (χ4n) is 3.04. The van der Waals surface area contributed by atoms with Gasteiger partial charge >= 0.3 is 5.97 Å². The minimum absolute atomic E-state index is 0.164. The number of benzene rings is 2. The van der Waals surface area contributed by atoms with Crippen LogP contribution < -0.4 is 14.8 Å². The lowest BCUT2D eigenvalue weighted by molar-refractivity contribution is -0.115. The Kier molecular flexibility index (Phi) is 6.95. The molecule has 158 valence electrons. The molecule has 0 bridgehead atoms. The Bertz CT molecular complexity index is 1070. The lowest BCUT2D eigenvalue weighted by Crippen LogP contribution is -2.12. The third-order valence-electron chi connectivity index (χ3n) is 4.58. The van der Waals surface area contributed by atoms with Gasteiger partial charge in [-0.1, -0.05) is 31.2 Å². The van der Waals surface area contributed by atoms with Crippen molar-refractivity contribution in [3.63, 3.8) is 0 Å². The van der Waals surface area contributed by atoms with E-state index in [0.717, 1.165) is 21.6 Å². The second-order valence-corrected chi connectivity index (χ2v) is 7.68. The summed E-state index contributed by atoms with van der Waals surface area (Å²) in [6, 6.07) is 11.4. The van der Waals surface area contributed by atoms with Crippen LogP contribution in [0, 0.1) is 6.92 Å². The van der Waals surface area contributed by atoms with E-state index in [9.17, 15) is 9.59 Å². The molecule has 0 fully saturated rings. The summed E-state index contributed by atoms with van der Waals surface area (Å²) in [5, 5.41) is 4.01. The van der Waals surface area contributed by atoms with E-state index in [-0.39, 0.29) is 12.5 Å². The Morgan fingerprint density at radius 2 is 1.93 bits per heavy atom. The molecule has 1 amide bonds. The predicted molar refractivity (Wildman–Crippen MR) is 119 cm³/mol. The lowest BCUT2D eigenvalue weighted by Gasteiger charge is -2.11. The molecule has 30 heavy (non-hydrogen) atoms. The maximum absolute atomic E-state index is 12.6. The number of fused-ring (bicyclic) bond motifs is 1. The zero-order valence-electron chi connectivity index (χ0n) is 17.5. The van der Waals surface area contributed by atoms with Crippen LogP contribution >= 0.6 is 11.3 Å². The first-order valence-electron chi connectivity index (χ1n) is 9.77.